The highest BCUT2D eigenvalue weighted by atomic mass is 35.5. The van der Waals surface area contributed by atoms with E-state index in [0.29, 0.717) is 39.4 Å². The van der Waals surface area contributed by atoms with Gasteiger partial charge in [0.2, 0.25) is 5.60 Å². The van der Waals surface area contributed by atoms with Crippen LogP contribution in [0.2, 0.25) is 5.02 Å². The molecule has 0 radical (unpaired) electrons. The van der Waals surface area contributed by atoms with E-state index in [2.05, 4.69) is 11.1 Å². The number of hydrogen-bond donors (Lipinski definition) is 1. The molecule has 1 N–H and O–H groups in total. The minimum atomic E-state index is -1.79. The van der Waals surface area contributed by atoms with Gasteiger partial charge in [-0.1, -0.05) is 11.6 Å². The van der Waals surface area contributed by atoms with Crippen molar-refractivity contribution in [2.45, 2.75) is 25.4 Å². The zero-order valence-corrected chi connectivity index (χ0v) is 15.1. The zero-order valence-electron chi connectivity index (χ0n) is 14.4. The number of aromatic nitrogens is 1. The van der Waals surface area contributed by atoms with E-state index in [9.17, 15) is 15.2 Å². The van der Waals surface area contributed by atoms with E-state index in [1.54, 1.807) is 25.1 Å². The standard InChI is InChI=1S/C19H17ClN2O4/c1-3-26-18(23)19(24)7-6-13-16(25-2)15(10-22-17(13)19)14-8-12(20)5-4-11(14)9-21/h4-5,8,10,24H,3,6-7H2,1-2H3. The first-order valence-corrected chi connectivity index (χ1v) is 8.50. The van der Waals surface area contributed by atoms with Crippen LogP contribution in [0.25, 0.3) is 11.1 Å². The summed E-state index contributed by atoms with van der Waals surface area (Å²) in [5, 5.41) is 20.7. The summed E-state index contributed by atoms with van der Waals surface area (Å²) in [7, 11) is 1.50. The molecule has 0 bridgehead atoms. The Kier molecular flexibility index (Phi) is 4.86. The predicted octanol–water partition coefficient (Wildman–Crippen LogP) is 2.98. The summed E-state index contributed by atoms with van der Waals surface area (Å²) in [5.41, 5.74) is 0.663. The molecule has 1 heterocycles. The molecule has 6 nitrogen and oxygen atoms in total. The molecule has 0 amide bonds. The van der Waals surface area contributed by atoms with Crippen LogP contribution in [0, 0.1) is 11.3 Å². The first kappa shape index (κ1) is 18.2. The van der Waals surface area contributed by atoms with Crippen LogP contribution in [0.1, 0.15) is 30.2 Å². The van der Waals surface area contributed by atoms with Crippen molar-refractivity contribution in [2.75, 3.05) is 13.7 Å². The number of nitriles is 1. The number of fused-ring (bicyclic) bond motifs is 1. The number of halogens is 1. The van der Waals surface area contributed by atoms with Crippen LogP contribution >= 0.6 is 11.6 Å². The van der Waals surface area contributed by atoms with Crippen molar-refractivity contribution in [1.82, 2.24) is 4.98 Å². The first-order valence-electron chi connectivity index (χ1n) is 8.12. The fourth-order valence-electron chi connectivity index (χ4n) is 3.26. The minimum absolute atomic E-state index is 0.161. The molecule has 1 aromatic carbocycles. The van der Waals surface area contributed by atoms with Crippen molar-refractivity contribution in [3.05, 3.63) is 46.2 Å². The van der Waals surface area contributed by atoms with E-state index >= 15 is 0 Å². The maximum absolute atomic E-state index is 12.2. The average Bonchev–Trinajstić information content (AvgIpc) is 2.99. The lowest BCUT2D eigenvalue weighted by Gasteiger charge is -2.21. The Labute approximate surface area is 156 Å². The van der Waals surface area contributed by atoms with Crippen LogP contribution in [0.15, 0.2) is 24.4 Å². The highest BCUT2D eigenvalue weighted by molar-refractivity contribution is 6.31. The number of methoxy groups -OCH3 is 1. The van der Waals surface area contributed by atoms with Gasteiger partial charge in [-0.3, -0.25) is 4.98 Å². The van der Waals surface area contributed by atoms with Crippen molar-refractivity contribution in [2.24, 2.45) is 0 Å². The van der Waals surface area contributed by atoms with Crippen LogP contribution in [-0.4, -0.2) is 29.8 Å². The van der Waals surface area contributed by atoms with Crippen molar-refractivity contribution in [3.8, 4) is 22.9 Å². The molecular weight excluding hydrogens is 356 g/mol. The van der Waals surface area contributed by atoms with Gasteiger partial charge >= 0.3 is 5.97 Å². The van der Waals surface area contributed by atoms with E-state index in [0.717, 1.165) is 0 Å². The Bertz CT molecular complexity index is 922. The third kappa shape index (κ3) is 2.79. The number of ether oxygens (including phenoxy) is 2. The Morgan fingerprint density at radius 2 is 2.23 bits per heavy atom. The number of hydrogen-bond acceptors (Lipinski definition) is 6. The minimum Gasteiger partial charge on any atom is -0.496 e. The quantitative estimate of drug-likeness (QED) is 0.829. The molecule has 0 spiro atoms. The van der Waals surface area contributed by atoms with Gasteiger partial charge < -0.3 is 14.6 Å². The number of aliphatic hydroxyl groups is 1. The highest BCUT2D eigenvalue weighted by Gasteiger charge is 2.48. The molecule has 2 aromatic rings. The Morgan fingerprint density at radius 3 is 2.88 bits per heavy atom. The second kappa shape index (κ2) is 6.94. The summed E-state index contributed by atoms with van der Waals surface area (Å²) < 4.78 is 10.6. The topological polar surface area (TPSA) is 92.4 Å². The first-order chi connectivity index (χ1) is 12.5. The lowest BCUT2D eigenvalue weighted by atomic mass is 9.97. The van der Waals surface area contributed by atoms with E-state index in [1.807, 2.05) is 0 Å². The van der Waals surface area contributed by atoms with E-state index in [1.165, 1.54) is 13.3 Å². The lowest BCUT2D eigenvalue weighted by molar-refractivity contribution is -0.166. The molecule has 1 unspecified atom stereocenters. The molecular formula is C19H17ClN2O4. The highest BCUT2D eigenvalue weighted by Crippen LogP contribution is 2.45. The second-order valence-electron chi connectivity index (χ2n) is 5.91. The monoisotopic (exact) mass is 372 g/mol. The number of rotatable bonds is 4. The largest absolute Gasteiger partial charge is 0.496 e. The van der Waals surface area contributed by atoms with Crippen molar-refractivity contribution in [1.29, 1.82) is 5.26 Å². The summed E-state index contributed by atoms with van der Waals surface area (Å²) in [6, 6.07) is 7.05. The second-order valence-corrected chi connectivity index (χ2v) is 6.35. The molecule has 26 heavy (non-hydrogen) atoms. The molecule has 1 atom stereocenters. The average molecular weight is 373 g/mol. The molecule has 7 heteroatoms. The SMILES string of the molecule is CCOC(=O)C1(O)CCc2c1ncc(-c1cc(Cl)ccc1C#N)c2OC. The van der Waals surface area contributed by atoms with Crippen LogP contribution < -0.4 is 4.74 Å². The molecule has 1 aliphatic rings. The molecule has 0 saturated carbocycles. The normalized spacial score (nSPS) is 18.1. The van der Waals surface area contributed by atoms with Gasteiger partial charge in [0.25, 0.3) is 0 Å². The maximum atomic E-state index is 12.2. The molecule has 134 valence electrons. The van der Waals surface area contributed by atoms with Crippen molar-refractivity contribution in [3.63, 3.8) is 0 Å². The number of carbonyl (C=O) groups excluding carboxylic acids is 1. The van der Waals surface area contributed by atoms with Gasteiger partial charge in [-0.15, -0.1) is 0 Å². The third-order valence-corrected chi connectivity index (χ3v) is 4.70. The Morgan fingerprint density at radius 1 is 1.46 bits per heavy atom. The summed E-state index contributed by atoms with van der Waals surface area (Å²) in [5.74, 6) is -0.254. The maximum Gasteiger partial charge on any atom is 0.344 e. The number of pyridine rings is 1. The van der Waals surface area contributed by atoms with E-state index < -0.39 is 11.6 Å². The van der Waals surface area contributed by atoms with Gasteiger partial charge in [-0.05, 0) is 38.0 Å². The van der Waals surface area contributed by atoms with E-state index in [-0.39, 0.29) is 18.7 Å². The zero-order chi connectivity index (χ0) is 18.9. The van der Waals surface area contributed by atoms with Crippen LogP contribution in [0.5, 0.6) is 5.75 Å². The Hall–Kier alpha value is -2.62. The molecule has 0 fully saturated rings. The fourth-order valence-corrected chi connectivity index (χ4v) is 3.43. The van der Waals surface area contributed by atoms with Gasteiger partial charge in [0.1, 0.15) is 5.75 Å². The van der Waals surface area contributed by atoms with Crippen molar-refractivity contribution >= 4 is 17.6 Å². The molecule has 0 saturated heterocycles. The van der Waals surface area contributed by atoms with Crippen LogP contribution in [-0.2, 0) is 21.6 Å². The number of benzene rings is 1. The molecule has 0 aliphatic heterocycles. The fraction of sp³-hybridized carbons (Fsp3) is 0.316. The third-order valence-electron chi connectivity index (χ3n) is 4.47. The van der Waals surface area contributed by atoms with Gasteiger partial charge in [0, 0.05) is 27.9 Å². The molecule has 1 aliphatic carbocycles. The van der Waals surface area contributed by atoms with Crippen LogP contribution in [0.3, 0.4) is 0 Å². The van der Waals surface area contributed by atoms with Gasteiger partial charge in [-0.25, -0.2) is 4.79 Å². The van der Waals surface area contributed by atoms with Gasteiger partial charge in [-0.2, -0.15) is 5.26 Å². The van der Waals surface area contributed by atoms with Crippen molar-refractivity contribution < 1.29 is 19.4 Å². The molecule has 3 rings (SSSR count). The lowest BCUT2D eigenvalue weighted by Crippen LogP contribution is -2.35. The van der Waals surface area contributed by atoms with Crippen LogP contribution in [0.4, 0.5) is 0 Å². The molecule has 1 aromatic heterocycles. The number of carbonyl (C=O) groups is 1. The Balaban J connectivity index is 2.18. The van der Waals surface area contributed by atoms with E-state index in [4.69, 9.17) is 21.1 Å². The van der Waals surface area contributed by atoms with Gasteiger partial charge in [0.05, 0.1) is 31.0 Å². The van der Waals surface area contributed by atoms with Gasteiger partial charge in [0.15, 0.2) is 0 Å². The number of esters is 1. The summed E-state index contributed by atoms with van der Waals surface area (Å²) >= 11 is 6.09. The summed E-state index contributed by atoms with van der Waals surface area (Å²) in [6.45, 7) is 1.84. The predicted molar refractivity (Wildman–Crippen MR) is 94.8 cm³/mol. The smallest absolute Gasteiger partial charge is 0.344 e. The summed E-state index contributed by atoms with van der Waals surface area (Å²) in [4.78, 5) is 16.5. The number of nitrogens with zero attached hydrogens (tertiary/aromatic N) is 2. The summed E-state index contributed by atoms with van der Waals surface area (Å²) in [6.07, 6.45) is 2.05.